The number of para-hydroxylation sites is 1. The minimum atomic E-state index is -0.303. The molecule has 3 N–H and O–H groups in total. The molecule has 12 heteroatoms. The minimum Gasteiger partial charge on any atom is -0.395 e. The average molecular weight is 627 g/mol. The first-order valence-corrected chi connectivity index (χ1v) is 15.5. The van der Waals surface area contributed by atoms with Crippen LogP contribution in [0.25, 0.3) is 22.5 Å². The molecule has 224 valence electrons. The Morgan fingerprint density at radius 3 is 2.36 bits per heavy atom. The third-order valence-corrected chi connectivity index (χ3v) is 8.58. The number of carbonyl (C=O) groups is 1. The van der Waals surface area contributed by atoms with E-state index >= 15 is 0 Å². The van der Waals surface area contributed by atoms with Crippen molar-refractivity contribution in [2.45, 2.75) is 6.92 Å². The predicted molar refractivity (Wildman–Crippen MR) is 176 cm³/mol. The summed E-state index contributed by atoms with van der Waals surface area (Å²) in [5.41, 5.74) is 4.53. The highest BCUT2D eigenvalue weighted by Crippen LogP contribution is 2.29. The number of aromatic nitrogens is 4. The monoisotopic (exact) mass is 626 g/mol. The molecule has 0 aliphatic carbocycles. The molecule has 0 unspecified atom stereocenters. The first-order chi connectivity index (χ1) is 21.5. The Balaban J connectivity index is 1.26. The maximum absolute atomic E-state index is 13.0. The second-order valence-corrected chi connectivity index (χ2v) is 11.8. The number of piperazine rings is 1. The number of benzene rings is 3. The molecule has 3 aromatic carbocycles. The quantitative estimate of drug-likeness (QED) is 0.188. The van der Waals surface area contributed by atoms with Crippen molar-refractivity contribution in [2.75, 3.05) is 54.9 Å². The van der Waals surface area contributed by atoms with Crippen molar-refractivity contribution in [3.8, 4) is 22.5 Å². The highest BCUT2D eigenvalue weighted by molar-refractivity contribution is 7.17. The zero-order chi connectivity index (χ0) is 30.5. The van der Waals surface area contributed by atoms with Crippen LogP contribution in [0.2, 0.25) is 5.02 Å². The third kappa shape index (κ3) is 6.87. The van der Waals surface area contributed by atoms with Crippen molar-refractivity contribution in [1.29, 1.82) is 0 Å². The summed E-state index contributed by atoms with van der Waals surface area (Å²) in [6.45, 7) is 5.70. The van der Waals surface area contributed by atoms with E-state index in [2.05, 4.69) is 49.7 Å². The number of nitrogens with one attached hydrogen (secondary N) is 2. The van der Waals surface area contributed by atoms with E-state index in [0.29, 0.717) is 45.0 Å². The van der Waals surface area contributed by atoms with E-state index in [1.165, 1.54) is 17.5 Å². The lowest BCUT2D eigenvalue weighted by atomic mass is 10.0. The number of aliphatic hydroxyl groups is 1. The van der Waals surface area contributed by atoms with Gasteiger partial charge in [0.1, 0.15) is 4.88 Å². The normalized spacial score (nSPS) is 13.6. The van der Waals surface area contributed by atoms with Crippen LogP contribution in [0.4, 0.5) is 22.7 Å². The van der Waals surface area contributed by atoms with Gasteiger partial charge in [-0.15, -0.1) is 0 Å². The molecule has 1 aliphatic rings. The first-order valence-electron chi connectivity index (χ1n) is 14.3. The summed E-state index contributed by atoms with van der Waals surface area (Å²) < 4.78 is 0. The predicted octanol–water partition coefficient (Wildman–Crippen LogP) is 5.73. The van der Waals surface area contributed by atoms with Crippen LogP contribution in [0, 0.1) is 6.92 Å². The van der Waals surface area contributed by atoms with Gasteiger partial charge in [-0.3, -0.25) is 15.0 Å². The molecular formula is C32H31ClN8O2S. The Bertz CT molecular complexity index is 1720. The van der Waals surface area contributed by atoms with Gasteiger partial charge in [0, 0.05) is 38.3 Å². The number of anilines is 4. The molecule has 3 heterocycles. The van der Waals surface area contributed by atoms with Crippen LogP contribution >= 0.6 is 22.9 Å². The molecule has 0 radical (unpaired) electrons. The van der Waals surface area contributed by atoms with Gasteiger partial charge < -0.3 is 15.3 Å². The van der Waals surface area contributed by atoms with Crippen LogP contribution in [0.1, 0.15) is 15.2 Å². The number of thiazole rings is 1. The lowest BCUT2D eigenvalue weighted by Gasteiger charge is -2.34. The van der Waals surface area contributed by atoms with Gasteiger partial charge in [-0.1, -0.05) is 89.7 Å². The molecule has 5 aromatic rings. The number of nitrogens with zero attached hydrogens (tertiary/aromatic N) is 6. The first kappa shape index (κ1) is 29.6. The summed E-state index contributed by atoms with van der Waals surface area (Å²) in [6, 6.07) is 23.8. The number of halogens is 1. The van der Waals surface area contributed by atoms with Gasteiger partial charge in [0.2, 0.25) is 11.9 Å². The average Bonchev–Trinajstić information content (AvgIpc) is 3.52. The molecule has 1 amide bonds. The van der Waals surface area contributed by atoms with Crippen LogP contribution in [-0.4, -0.2) is 75.2 Å². The van der Waals surface area contributed by atoms with Gasteiger partial charge in [-0.05, 0) is 29.7 Å². The molecule has 44 heavy (non-hydrogen) atoms. The fourth-order valence-corrected chi connectivity index (χ4v) is 5.92. The Morgan fingerprint density at radius 1 is 0.909 bits per heavy atom. The number of amides is 1. The molecule has 1 aliphatic heterocycles. The van der Waals surface area contributed by atoms with Gasteiger partial charge in [-0.25, -0.2) is 4.98 Å². The zero-order valence-corrected chi connectivity index (χ0v) is 25.6. The van der Waals surface area contributed by atoms with Gasteiger partial charge in [0.25, 0.3) is 5.91 Å². The highest BCUT2D eigenvalue weighted by Gasteiger charge is 2.21. The summed E-state index contributed by atoms with van der Waals surface area (Å²) in [5.74, 6) is 1.11. The largest absolute Gasteiger partial charge is 0.395 e. The fourth-order valence-electron chi connectivity index (χ4n) is 4.94. The summed E-state index contributed by atoms with van der Waals surface area (Å²) in [7, 11) is 0. The molecule has 0 bridgehead atoms. The molecule has 2 aromatic heterocycles. The summed E-state index contributed by atoms with van der Waals surface area (Å²) in [4.78, 5) is 36.5. The van der Waals surface area contributed by atoms with Gasteiger partial charge in [0.15, 0.2) is 11.0 Å². The molecule has 0 spiro atoms. The van der Waals surface area contributed by atoms with Crippen molar-refractivity contribution in [3.63, 3.8) is 0 Å². The van der Waals surface area contributed by atoms with Gasteiger partial charge in [-0.2, -0.15) is 15.0 Å². The van der Waals surface area contributed by atoms with Crippen LogP contribution in [0.3, 0.4) is 0 Å². The summed E-state index contributed by atoms with van der Waals surface area (Å²) in [6.07, 6.45) is 1.51. The van der Waals surface area contributed by atoms with Gasteiger partial charge >= 0.3 is 0 Å². The Hall–Kier alpha value is -4.42. The SMILES string of the molecule is Cc1cccc(Cl)c1NC(=O)c1cnc(Nc2nc(-c3ccc(-c4ccccc4)cc3)nc(N3CCN(CCO)CC3)n2)s1. The Kier molecular flexibility index (Phi) is 9.08. The van der Waals surface area contributed by atoms with Gasteiger partial charge in [0.05, 0.1) is 23.5 Å². The number of rotatable bonds is 9. The van der Waals surface area contributed by atoms with E-state index in [1.54, 1.807) is 6.07 Å². The van der Waals surface area contributed by atoms with Crippen molar-refractivity contribution >= 4 is 51.6 Å². The maximum Gasteiger partial charge on any atom is 0.267 e. The highest BCUT2D eigenvalue weighted by atomic mass is 35.5. The van der Waals surface area contributed by atoms with E-state index in [-0.39, 0.29) is 12.5 Å². The van der Waals surface area contributed by atoms with Crippen LogP contribution in [-0.2, 0) is 0 Å². The molecule has 0 atom stereocenters. The minimum absolute atomic E-state index is 0.134. The maximum atomic E-state index is 13.0. The Morgan fingerprint density at radius 2 is 1.64 bits per heavy atom. The number of β-amino-alcohol motifs (C(OH)–C–C–N with tert-alkyl or cyclic N) is 1. The van der Waals surface area contributed by atoms with Crippen molar-refractivity contribution in [3.05, 3.63) is 94.5 Å². The summed E-state index contributed by atoms with van der Waals surface area (Å²) in [5, 5.41) is 16.4. The lowest BCUT2D eigenvalue weighted by Crippen LogP contribution is -2.47. The van der Waals surface area contributed by atoms with Crippen LogP contribution < -0.4 is 15.5 Å². The lowest BCUT2D eigenvalue weighted by molar-refractivity contribution is 0.103. The van der Waals surface area contributed by atoms with Crippen molar-refractivity contribution < 1.29 is 9.90 Å². The number of aryl methyl sites for hydroxylation is 1. The number of hydrogen-bond acceptors (Lipinski definition) is 10. The number of aliphatic hydroxyl groups excluding tert-OH is 1. The zero-order valence-electron chi connectivity index (χ0n) is 24.1. The smallest absolute Gasteiger partial charge is 0.267 e. The van der Waals surface area contributed by atoms with E-state index in [9.17, 15) is 9.90 Å². The molecular weight excluding hydrogens is 596 g/mol. The van der Waals surface area contributed by atoms with E-state index in [1.807, 2.05) is 49.4 Å². The Labute approximate surface area is 264 Å². The molecule has 1 saturated heterocycles. The number of hydrogen-bond donors (Lipinski definition) is 3. The molecule has 6 rings (SSSR count). The van der Waals surface area contributed by atoms with E-state index in [4.69, 9.17) is 26.6 Å². The molecule has 1 fully saturated rings. The van der Waals surface area contributed by atoms with Crippen LogP contribution in [0.5, 0.6) is 0 Å². The van der Waals surface area contributed by atoms with Crippen molar-refractivity contribution in [2.24, 2.45) is 0 Å². The second-order valence-electron chi connectivity index (χ2n) is 10.3. The van der Waals surface area contributed by atoms with Crippen molar-refractivity contribution in [1.82, 2.24) is 24.8 Å². The van der Waals surface area contributed by atoms with Crippen LogP contribution in [0.15, 0.2) is 79.0 Å². The third-order valence-electron chi connectivity index (χ3n) is 7.35. The number of carbonyl (C=O) groups excluding carboxylic acids is 1. The molecule has 0 saturated carbocycles. The molecule has 10 nitrogen and oxygen atoms in total. The fraction of sp³-hybridized carbons (Fsp3) is 0.219. The topological polar surface area (TPSA) is 119 Å². The van der Waals surface area contributed by atoms with E-state index < -0.39 is 0 Å². The summed E-state index contributed by atoms with van der Waals surface area (Å²) >= 11 is 7.50. The standard InChI is InChI=1S/C32H31ClN8O2S/c1-21-6-5-9-25(33)27(21)35-29(43)26-20-34-32(44-26)39-30-36-28(24-12-10-23(11-13-24)22-7-3-2-4-8-22)37-31(38-30)41-16-14-40(15-17-41)18-19-42/h2-13,20,42H,14-19H2,1H3,(H,35,43)(H,34,36,37,38,39). The second kappa shape index (κ2) is 13.5. The van der Waals surface area contributed by atoms with E-state index in [0.717, 1.165) is 48.4 Å².